The highest BCUT2D eigenvalue weighted by atomic mass is 16.5. The van der Waals surface area contributed by atoms with Crippen LogP contribution in [0.4, 0.5) is 5.82 Å². The van der Waals surface area contributed by atoms with Gasteiger partial charge in [0, 0.05) is 32.8 Å². The molecule has 0 unspecified atom stereocenters. The Hall–Kier alpha value is -1.69. The first kappa shape index (κ1) is 19.6. The second-order valence-corrected chi connectivity index (χ2v) is 9.12. The predicted octanol–water partition coefficient (Wildman–Crippen LogP) is 4.22. The molecule has 2 fully saturated rings. The molecule has 0 N–H and O–H groups in total. The normalized spacial score (nSPS) is 19.8. The number of nitrogens with zero attached hydrogens (tertiary/aromatic N) is 5. The van der Waals surface area contributed by atoms with Crippen molar-refractivity contribution in [1.29, 1.82) is 0 Å². The van der Waals surface area contributed by atoms with Gasteiger partial charge < -0.3 is 9.64 Å². The van der Waals surface area contributed by atoms with Crippen molar-refractivity contribution in [3.63, 3.8) is 0 Å². The fraction of sp³-hybridized carbons (Fsp3) is 0.773. The molecule has 0 atom stereocenters. The molecule has 0 bridgehead atoms. The second-order valence-electron chi connectivity index (χ2n) is 9.12. The number of hydrogen-bond acceptors (Lipinski definition) is 5. The quantitative estimate of drug-likeness (QED) is 0.745. The van der Waals surface area contributed by atoms with E-state index in [9.17, 15) is 0 Å². The minimum atomic E-state index is 0.493. The number of rotatable bonds is 6. The Kier molecular flexibility index (Phi) is 5.85. The Balaban J connectivity index is 1.64. The van der Waals surface area contributed by atoms with Crippen LogP contribution in [0.2, 0.25) is 0 Å². The number of hydrogen-bond donors (Lipinski definition) is 0. The molecule has 6 heteroatoms. The van der Waals surface area contributed by atoms with Crippen LogP contribution in [0.3, 0.4) is 0 Å². The van der Waals surface area contributed by atoms with Gasteiger partial charge in [0.25, 0.3) is 0 Å². The minimum absolute atomic E-state index is 0.493. The van der Waals surface area contributed by atoms with E-state index in [0.717, 1.165) is 63.6 Å². The Morgan fingerprint density at radius 1 is 1.11 bits per heavy atom. The maximum absolute atomic E-state index is 5.61. The van der Waals surface area contributed by atoms with Gasteiger partial charge in [0.05, 0.1) is 11.1 Å². The third kappa shape index (κ3) is 3.88. The van der Waals surface area contributed by atoms with E-state index in [1.165, 1.54) is 36.8 Å². The van der Waals surface area contributed by atoms with Gasteiger partial charge in [0.15, 0.2) is 5.65 Å². The highest BCUT2D eigenvalue weighted by Gasteiger charge is 2.37. The third-order valence-corrected chi connectivity index (χ3v) is 6.58. The van der Waals surface area contributed by atoms with Crippen LogP contribution in [-0.4, -0.2) is 46.1 Å². The lowest BCUT2D eigenvalue weighted by Crippen LogP contribution is -2.43. The standard InChI is InChI=1S/C22H35N5O/c1-4-5-10-27-21-19(18(25-27)15-17(2)3)20(23-16-24-21)26-11-6-22(7-12-26)8-13-28-14-9-22/h16-17H,4-15H2,1-3H3. The van der Waals surface area contributed by atoms with Gasteiger partial charge in [-0.05, 0) is 49.9 Å². The van der Waals surface area contributed by atoms with Crippen molar-refractivity contribution in [2.24, 2.45) is 11.3 Å². The van der Waals surface area contributed by atoms with Crippen LogP contribution >= 0.6 is 0 Å². The van der Waals surface area contributed by atoms with Crippen LogP contribution in [0.25, 0.3) is 11.0 Å². The van der Waals surface area contributed by atoms with Gasteiger partial charge in [-0.25, -0.2) is 14.6 Å². The average molecular weight is 386 g/mol. The number of aromatic nitrogens is 4. The molecular weight excluding hydrogens is 350 g/mol. The first-order valence-corrected chi connectivity index (χ1v) is 11.1. The highest BCUT2D eigenvalue weighted by molar-refractivity contribution is 5.90. The largest absolute Gasteiger partial charge is 0.381 e. The molecule has 4 heterocycles. The first-order valence-electron chi connectivity index (χ1n) is 11.1. The minimum Gasteiger partial charge on any atom is -0.381 e. The van der Waals surface area contributed by atoms with E-state index < -0.39 is 0 Å². The molecule has 2 saturated heterocycles. The monoisotopic (exact) mass is 385 g/mol. The van der Waals surface area contributed by atoms with Crippen molar-refractivity contribution in [3.05, 3.63) is 12.0 Å². The van der Waals surface area contributed by atoms with E-state index in [2.05, 4.69) is 35.3 Å². The van der Waals surface area contributed by atoms with Gasteiger partial charge in [-0.2, -0.15) is 5.10 Å². The number of unbranched alkanes of at least 4 members (excludes halogenated alkanes) is 1. The van der Waals surface area contributed by atoms with Crippen molar-refractivity contribution in [2.45, 2.75) is 72.3 Å². The van der Waals surface area contributed by atoms with Crippen LogP contribution in [0.1, 0.15) is 65.0 Å². The number of aryl methyl sites for hydroxylation is 1. The lowest BCUT2D eigenvalue weighted by atomic mass is 9.72. The fourth-order valence-corrected chi connectivity index (χ4v) is 4.79. The molecule has 0 radical (unpaired) electrons. The molecule has 2 aromatic heterocycles. The molecule has 2 aliphatic heterocycles. The first-order chi connectivity index (χ1) is 13.6. The van der Waals surface area contributed by atoms with Crippen molar-refractivity contribution >= 4 is 16.9 Å². The maximum Gasteiger partial charge on any atom is 0.163 e. The second kappa shape index (κ2) is 8.36. The summed E-state index contributed by atoms with van der Waals surface area (Å²) in [4.78, 5) is 11.9. The lowest BCUT2D eigenvalue weighted by molar-refractivity contribution is 0.00208. The van der Waals surface area contributed by atoms with Gasteiger partial charge in [-0.3, -0.25) is 0 Å². The van der Waals surface area contributed by atoms with Crippen LogP contribution < -0.4 is 4.90 Å². The van der Waals surface area contributed by atoms with E-state index in [-0.39, 0.29) is 0 Å². The average Bonchev–Trinajstić information content (AvgIpc) is 3.05. The summed E-state index contributed by atoms with van der Waals surface area (Å²) in [6, 6.07) is 0. The van der Waals surface area contributed by atoms with Crippen LogP contribution in [0.15, 0.2) is 6.33 Å². The predicted molar refractivity (Wildman–Crippen MR) is 113 cm³/mol. The van der Waals surface area contributed by atoms with Crippen LogP contribution in [-0.2, 0) is 17.7 Å². The molecule has 0 aliphatic carbocycles. The van der Waals surface area contributed by atoms with Crippen LogP contribution in [0.5, 0.6) is 0 Å². The van der Waals surface area contributed by atoms with E-state index in [0.29, 0.717) is 11.3 Å². The maximum atomic E-state index is 5.61. The number of fused-ring (bicyclic) bond motifs is 1. The molecule has 28 heavy (non-hydrogen) atoms. The van der Waals surface area contributed by atoms with Crippen molar-refractivity contribution in [3.8, 4) is 0 Å². The van der Waals surface area contributed by atoms with E-state index >= 15 is 0 Å². The summed E-state index contributed by atoms with van der Waals surface area (Å²) < 4.78 is 7.73. The zero-order valence-electron chi connectivity index (χ0n) is 17.8. The SMILES string of the molecule is CCCCn1nc(CC(C)C)c2c(N3CCC4(CCOCC4)CC3)ncnc21. The summed E-state index contributed by atoms with van der Waals surface area (Å²) in [6.45, 7) is 11.7. The van der Waals surface area contributed by atoms with Crippen molar-refractivity contribution in [1.82, 2.24) is 19.7 Å². The Morgan fingerprint density at radius 3 is 2.54 bits per heavy atom. The van der Waals surface area contributed by atoms with E-state index in [1.54, 1.807) is 6.33 Å². The smallest absolute Gasteiger partial charge is 0.163 e. The Morgan fingerprint density at radius 2 is 1.86 bits per heavy atom. The van der Waals surface area contributed by atoms with Crippen molar-refractivity contribution < 1.29 is 4.74 Å². The molecule has 2 aliphatic rings. The molecule has 1 spiro atoms. The number of anilines is 1. The summed E-state index contributed by atoms with van der Waals surface area (Å²) in [5.41, 5.74) is 2.68. The van der Waals surface area contributed by atoms with Gasteiger partial charge in [-0.15, -0.1) is 0 Å². The topological polar surface area (TPSA) is 56.1 Å². The summed E-state index contributed by atoms with van der Waals surface area (Å²) >= 11 is 0. The Labute approximate surface area is 168 Å². The molecule has 154 valence electrons. The summed E-state index contributed by atoms with van der Waals surface area (Å²) in [5.74, 6) is 1.67. The third-order valence-electron chi connectivity index (χ3n) is 6.58. The molecule has 0 saturated carbocycles. The van der Waals surface area contributed by atoms with Crippen molar-refractivity contribution in [2.75, 3.05) is 31.2 Å². The lowest BCUT2D eigenvalue weighted by Gasteiger charge is -2.44. The molecular formula is C22H35N5O. The van der Waals surface area contributed by atoms with Gasteiger partial charge in [0.1, 0.15) is 12.1 Å². The fourth-order valence-electron chi connectivity index (χ4n) is 4.79. The van der Waals surface area contributed by atoms with Gasteiger partial charge in [-0.1, -0.05) is 27.2 Å². The number of piperidine rings is 1. The van der Waals surface area contributed by atoms with Gasteiger partial charge in [0.2, 0.25) is 0 Å². The Bertz CT molecular complexity index is 784. The summed E-state index contributed by atoms with van der Waals surface area (Å²) in [5, 5.41) is 6.17. The molecule has 0 aromatic carbocycles. The van der Waals surface area contributed by atoms with E-state index in [4.69, 9.17) is 14.8 Å². The zero-order chi connectivity index (χ0) is 19.6. The molecule has 6 nitrogen and oxygen atoms in total. The molecule has 2 aromatic rings. The zero-order valence-corrected chi connectivity index (χ0v) is 17.8. The summed E-state index contributed by atoms with van der Waals surface area (Å²) in [6.07, 6.45) is 9.92. The van der Waals surface area contributed by atoms with E-state index in [1.807, 2.05) is 0 Å². The summed E-state index contributed by atoms with van der Waals surface area (Å²) in [7, 11) is 0. The number of ether oxygens (including phenoxy) is 1. The molecule has 4 rings (SSSR count). The molecule has 0 amide bonds. The van der Waals surface area contributed by atoms with Crippen LogP contribution in [0, 0.1) is 11.3 Å². The van der Waals surface area contributed by atoms with Gasteiger partial charge >= 0.3 is 0 Å². The highest BCUT2D eigenvalue weighted by Crippen LogP contribution is 2.42.